The van der Waals surface area contributed by atoms with Crippen molar-refractivity contribution in [3.8, 4) is 5.75 Å². The van der Waals surface area contributed by atoms with Gasteiger partial charge in [0, 0.05) is 5.69 Å². The van der Waals surface area contributed by atoms with E-state index in [1.807, 2.05) is 63.2 Å². The lowest BCUT2D eigenvalue weighted by molar-refractivity contribution is -0.122. The molecule has 110 valence electrons. The van der Waals surface area contributed by atoms with Crippen molar-refractivity contribution in [1.29, 1.82) is 0 Å². The number of hydrogen-bond donors (Lipinski definition) is 1. The number of anilines is 1. The Labute approximate surface area is 126 Å². The van der Waals surface area contributed by atoms with Gasteiger partial charge in [0.1, 0.15) is 5.75 Å². The predicted octanol–water partition coefficient (Wildman–Crippen LogP) is 4.02. The van der Waals surface area contributed by atoms with Crippen LogP contribution in [0.25, 0.3) is 0 Å². The van der Waals surface area contributed by atoms with Crippen LogP contribution in [0.4, 0.5) is 5.69 Å². The molecule has 0 saturated carbocycles. The van der Waals surface area contributed by atoms with Gasteiger partial charge in [-0.2, -0.15) is 0 Å². The molecular formula is C18H21NO2. The van der Waals surface area contributed by atoms with E-state index >= 15 is 0 Å². The Balaban J connectivity index is 2.06. The van der Waals surface area contributed by atoms with Crippen LogP contribution in [0.5, 0.6) is 5.75 Å². The molecule has 0 aliphatic heterocycles. The summed E-state index contributed by atoms with van der Waals surface area (Å²) in [6, 6.07) is 13.5. The van der Waals surface area contributed by atoms with Crippen LogP contribution in [-0.2, 0) is 4.79 Å². The van der Waals surface area contributed by atoms with Crippen LogP contribution in [0.1, 0.15) is 23.6 Å². The molecule has 0 heterocycles. The first-order chi connectivity index (χ1) is 9.99. The first-order valence-corrected chi connectivity index (χ1v) is 7.08. The highest BCUT2D eigenvalue weighted by Gasteiger charge is 2.16. The van der Waals surface area contributed by atoms with Gasteiger partial charge in [-0.3, -0.25) is 4.79 Å². The van der Waals surface area contributed by atoms with Crippen molar-refractivity contribution in [3.05, 3.63) is 59.2 Å². The van der Waals surface area contributed by atoms with Crippen molar-refractivity contribution >= 4 is 11.6 Å². The molecule has 0 aromatic heterocycles. The normalized spacial score (nSPS) is 11.8. The van der Waals surface area contributed by atoms with Gasteiger partial charge in [-0.15, -0.1) is 0 Å². The number of nitrogens with one attached hydrogen (secondary N) is 1. The van der Waals surface area contributed by atoms with Crippen molar-refractivity contribution in [2.75, 3.05) is 5.32 Å². The molecule has 0 bridgehead atoms. The molecular weight excluding hydrogens is 262 g/mol. The molecule has 3 nitrogen and oxygen atoms in total. The number of rotatable bonds is 4. The Hall–Kier alpha value is -2.29. The number of carbonyl (C=O) groups excluding carboxylic acids is 1. The second kappa shape index (κ2) is 6.44. The van der Waals surface area contributed by atoms with E-state index in [9.17, 15) is 4.79 Å². The van der Waals surface area contributed by atoms with E-state index in [0.717, 1.165) is 28.1 Å². The largest absolute Gasteiger partial charge is 0.481 e. The maximum absolute atomic E-state index is 12.2. The Kier molecular flexibility index (Phi) is 4.63. The average Bonchev–Trinajstić information content (AvgIpc) is 2.46. The molecule has 0 fully saturated rings. The highest BCUT2D eigenvalue weighted by atomic mass is 16.5. The highest BCUT2D eigenvalue weighted by Crippen LogP contribution is 2.22. The number of para-hydroxylation sites is 1. The summed E-state index contributed by atoms with van der Waals surface area (Å²) in [6.45, 7) is 7.75. The Morgan fingerprint density at radius 1 is 1.00 bits per heavy atom. The molecule has 1 atom stereocenters. The highest BCUT2D eigenvalue weighted by molar-refractivity contribution is 5.94. The summed E-state index contributed by atoms with van der Waals surface area (Å²) < 4.78 is 5.79. The van der Waals surface area contributed by atoms with Gasteiger partial charge in [0.05, 0.1) is 0 Å². The molecule has 2 rings (SSSR count). The lowest BCUT2D eigenvalue weighted by atomic mass is 10.1. The zero-order valence-corrected chi connectivity index (χ0v) is 12.9. The van der Waals surface area contributed by atoms with Crippen LogP contribution in [0.2, 0.25) is 0 Å². The Bertz CT molecular complexity index is 649. The topological polar surface area (TPSA) is 38.3 Å². The average molecular weight is 283 g/mol. The monoisotopic (exact) mass is 283 g/mol. The van der Waals surface area contributed by atoms with Crippen molar-refractivity contribution in [2.24, 2.45) is 0 Å². The van der Waals surface area contributed by atoms with Gasteiger partial charge in [-0.25, -0.2) is 0 Å². The number of hydrogen-bond acceptors (Lipinski definition) is 2. The fourth-order valence-corrected chi connectivity index (χ4v) is 2.04. The van der Waals surface area contributed by atoms with E-state index in [-0.39, 0.29) is 5.91 Å². The number of aryl methyl sites for hydroxylation is 2. The Morgan fingerprint density at radius 3 is 2.38 bits per heavy atom. The van der Waals surface area contributed by atoms with Gasteiger partial charge < -0.3 is 10.1 Å². The molecule has 3 heteroatoms. The molecule has 2 aromatic carbocycles. The van der Waals surface area contributed by atoms with Gasteiger partial charge in [-0.05, 0) is 56.5 Å². The summed E-state index contributed by atoms with van der Waals surface area (Å²) in [4.78, 5) is 12.2. The second-order valence-electron chi connectivity index (χ2n) is 5.26. The SMILES string of the molecule is Cc1ccccc1NC(=O)C(C)Oc1cccc(C)c1C. The summed E-state index contributed by atoms with van der Waals surface area (Å²) in [6.07, 6.45) is -0.551. The van der Waals surface area contributed by atoms with E-state index in [1.54, 1.807) is 6.92 Å². The standard InChI is InChI=1S/C18H21NO2/c1-12-9-7-11-17(14(12)3)21-15(4)18(20)19-16-10-6-5-8-13(16)2/h5-11,15H,1-4H3,(H,19,20). The maximum atomic E-state index is 12.2. The minimum atomic E-state index is -0.551. The molecule has 1 unspecified atom stereocenters. The number of benzene rings is 2. The zero-order chi connectivity index (χ0) is 15.4. The van der Waals surface area contributed by atoms with Crippen molar-refractivity contribution in [1.82, 2.24) is 0 Å². The quantitative estimate of drug-likeness (QED) is 0.920. The molecule has 0 radical (unpaired) electrons. The molecule has 2 aromatic rings. The number of amides is 1. The molecule has 1 N–H and O–H groups in total. The molecule has 0 spiro atoms. The molecule has 21 heavy (non-hydrogen) atoms. The number of ether oxygens (including phenoxy) is 1. The van der Waals surface area contributed by atoms with E-state index < -0.39 is 6.10 Å². The summed E-state index contributed by atoms with van der Waals surface area (Å²) >= 11 is 0. The third-order valence-corrected chi connectivity index (χ3v) is 3.63. The second-order valence-corrected chi connectivity index (χ2v) is 5.26. The van der Waals surface area contributed by atoms with Crippen molar-refractivity contribution < 1.29 is 9.53 Å². The molecule has 0 saturated heterocycles. The van der Waals surface area contributed by atoms with E-state index in [2.05, 4.69) is 5.32 Å². The van der Waals surface area contributed by atoms with Gasteiger partial charge in [0.25, 0.3) is 5.91 Å². The van der Waals surface area contributed by atoms with Crippen molar-refractivity contribution in [3.63, 3.8) is 0 Å². The van der Waals surface area contributed by atoms with Crippen LogP contribution in [-0.4, -0.2) is 12.0 Å². The summed E-state index contributed by atoms with van der Waals surface area (Å²) in [5.41, 5.74) is 4.07. The molecule has 0 aliphatic rings. The van der Waals surface area contributed by atoms with Crippen LogP contribution in [0, 0.1) is 20.8 Å². The Morgan fingerprint density at radius 2 is 1.67 bits per heavy atom. The van der Waals surface area contributed by atoms with Crippen LogP contribution < -0.4 is 10.1 Å². The first-order valence-electron chi connectivity index (χ1n) is 7.08. The molecule has 0 aliphatic carbocycles. The van der Waals surface area contributed by atoms with Crippen LogP contribution >= 0.6 is 0 Å². The lowest BCUT2D eigenvalue weighted by Gasteiger charge is -2.17. The lowest BCUT2D eigenvalue weighted by Crippen LogP contribution is -2.30. The minimum Gasteiger partial charge on any atom is -0.481 e. The van der Waals surface area contributed by atoms with E-state index in [0.29, 0.717) is 0 Å². The third kappa shape index (κ3) is 3.63. The fraction of sp³-hybridized carbons (Fsp3) is 0.278. The van der Waals surface area contributed by atoms with Gasteiger partial charge >= 0.3 is 0 Å². The van der Waals surface area contributed by atoms with Crippen LogP contribution in [0.15, 0.2) is 42.5 Å². The predicted molar refractivity (Wildman–Crippen MR) is 85.8 cm³/mol. The summed E-state index contributed by atoms with van der Waals surface area (Å²) in [5.74, 6) is 0.604. The van der Waals surface area contributed by atoms with Gasteiger partial charge in [-0.1, -0.05) is 30.3 Å². The number of carbonyl (C=O) groups is 1. The maximum Gasteiger partial charge on any atom is 0.265 e. The first kappa shape index (κ1) is 15.1. The van der Waals surface area contributed by atoms with Gasteiger partial charge in [0.2, 0.25) is 0 Å². The molecule has 1 amide bonds. The van der Waals surface area contributed by atoms with Crippen molar-refractivity contribution in [2.45, 2.75) is 33.8 Å². The minimum absolute atomic E-state index is 0.148. The van der Waals surface area contributed by atoms with E-state index in [4.69, 9.17) is 4.74 Å². The smallest absolute Gasteiger partial charge is 0.265 e. The van der Waals surface area contributed by atoms with E-state index in [1.165, 1.54) is 0 Å². The van der Waals surface area contributed by atoms with Crippen LogP contribution in [0.3, 0.4) is 0 Å². The third-order valence-electron chi connectivity index (χ3n) is 3.63. The zero-order valence-electron chi connectivity index (χ0n) is 12.9. The van der Waals surface area contributed by atoms with Gasteiger partial charge in [0.15, 0.2) is 6.10 Å². The summed E-state index contributed by atoms with van der Waals surface area (Å²) in [5, 5.41) is 2.90. The fourth-order valence-electron chi connectivity index (χ4n) is 2.04. The summed E-state index contributed by atoms with van der Waals surface area (Å²) in [7, 11) is 0.